The lowest BCUT2D eigenvalue weighted by molar-refractivity contribution is 0.0574. The van der Waals surface area contributed by atoms with Gasteiger partial charge in [0.05, 0.1) is 0 Å². The minimum Gasteiger partial charge on any atom is -0.293 e. The Bertz CT molecular complexity index is 719. The molecule has 0 amide bonds. The first-order chi connectivity index (χ1) is 11.4. The van der Waals surface area contributed by atoms with Crippen molar-refractivity contribution in [3.63, 3.8) is 0 Å². The smallest absolute Gasteiger partial charge is 0.0357 e. The van der Waals surface area contributed by atoms with Gasteiger partial charge < -0.3 is 0 Å². The van der Waals surface area contributed by atoms with E-state index in [-0.39, 0.29) is 0 Å². The molecule has 2 heterocycles. The maximum Gasteiger partial charge on any atom is 0.0357 e. The Morgan fingerprint density at radius 2 is 1.48 bits per heavy atom. The molecule has 1 saturated heterocycles. The molecular formula is C22H25N. The number of piperidine rings is 1. The van der Waals surface area contributed by atoms with Gasteiger partial charge in [-0.3, -0.25) is 4.90 Å². The van der Waals surface area contributed by atoms with Crippen LogP contribution in [-0.2, 0) is 19.3 Å². The van der Waals surface area contributed by atoms with Crippen molar-refractivity contribution in [2.75, 3.05) is 6.54 Å². The number of hydrogen-bond acceptors (Lipinski definition) is 1. The third-order valence-corrected chi connectivity index (χ3v) is 6.43. The molecule has 0 N–H and O–H groups in total. The van der Waals surface area contributed by atoms with Crippen LogP contribution < -0.4 is 0 Å². The molecule has 2 bridgehead atoms. The number of rotatable bonds is 1. The highest BCUT2D eigenvalue weighted by molar-refractivity contribution is 5.35. The molecule has 0 aromatic heterocycles. The Balaban J connectivity index is 1.50. The largest absolute Gasteiger partial charge is 0.293 e. The van der Waals surface area contributed by atoms with Crippen LogP contribution in [0.15, 0.2) is 48.5 Å². The van der Waals surface area contributed by atoms with Gasteiger partial charge in [-0.1, -0.05) is 48.5 Å². The van der Waals surface area contributed by atoms with E-state index in [1.165, 1.54) is 45.1 Å². The van der Waals surface area contributed by atoms with Crippen molar-refractivity contribution in [3.8, 4) is 0 Å². The molecule has 1 heteroatoms. The SMILES string of the molecule is c1ccc2c(c1)C[C@H]1CC[C@@H](C2)N([C@H]2CCc3ccccc32)C1. The molecule has 23 heavy (non-hydrogen) atoms. The normalized spacial score (nSPS) is 29.7. The maximum absolute atomic E-state index is 2.88. The Hall–Kier alpha value is -1.60. The summed E-state index contributed by atoms with van der Waals surface area (Å²) in [6.45, 7) is 1.30. The quantitative estimate of drug-likeness (QED) is 0.747. The highest BCUT2D eigenvalue weighted by atomic mass is 15.2. The highest BCUT2D eigenvalue weighted by Crippen LogP contribution is 2.42. The summed E-state index contributed by atoms with van der Waals surface area (Å²) in [6, 6.07) is 19.8. The zero-order chi connectivity index (χ0) is 15.2. The van der Waals surface area contributed by atoms with E-state index in [1.807, 2.05) is 0 Å². The summed E-state index contributed by atoms with van der Waals surface area (Å²) >= 11 is 0. The zero-order valence-corrected chi connectivity index (χ0v) is 13.7. The van der Waals surface area contributed by atoms with Gasteiger partial charge in [-0.2, -0.15) is 0 Å². The first-order valence-electron chi connectivity index (χ1n) is 9.29. The highest BCUT2D eigenvalue weighted by Gasteiger charge is 2.38. The molecule has 3 atom stereocenters. The summed E-state index contributed by atoms with van der Waals surface area (Å²) in [5, 5.41) is 0. The topological polar surface area (TPSA) is 3.24 Å². The van der Waals surface area contributed by atoms with E-state index in [2.05, 4.69) is 53.4 Å². The van der Waals surface area contributed by atoms with E-state index in [0.29, 0.717) is 6.04 Å². The predicted molar refractivity (Wildman–Crippen MR) is 94.6 cm³/mol. The lowest BCUT2D eigenvalue weighted by Crippen LogP contribution is -2.47. The van der Waals surface area contributed by atoms with E-state index < -0.39 is 0 Å². The fourth-order valence-electron chi connectivity index (χ4n) is 5.30. The molecular weight excluding hydrogens is 278 g/mol. The van der Waals surface area contributed by atoms with Crippen molar-refractivity contribution in [2.45, 2.75) is 50.6 Å². The molecule has 2 aromatic carbocycles. The van der Waals surface area contributed by atoms with Gasteiger partial charge in [-0.25, -0.2) is 0 Å². The standard InChI is InChI=1S/C22H25N/c1-2-7-19-14-20-11-9-16(13-18(19)6-1)15-23(20)22-12-10-17-5-3-4-8-21(17)22/h1-8,16,20,22H,9-15H2/t16-,20+,22+/m1/s1. The van der Waals surface area contributed by atoms with Crippen LogP contribution in [0.2, 0.25) is 0 Å². The van der Waals surface area contributed by atoms with Gasteiger partial charge in [0, 0.05) is 18.6 Å². The maximum atomic E-state index is 2.88. The van der Waals surface area contributed by atoms with Gasteiger partial charge in [-0.05, 0) is 66.7 Å². The molecule has 2 aliphatic heterocycles. The molecule has 6 rings (SSSR count). The van der Waals surface area contributed by atoms with E-state index in [0.717, 1.165) is 12.0 Å². The summed E-state index contributed by atoms with van der Waals surface area (Å²) in [5.41, 5.74) is 6.44. The van der Waals surface area contributed by atoms with Crippen molar-refractivity contribution < 1.29 is 0 Å². The molecule has 1 nitrogen and oxygen atoms in total. The number of hydrogen-bond donors (Lipinski definition) is 0. The van der Waals surface area contributed by atoms with Crippen molar-refractivity contribution in [2.24, 2.45) is 5.92 Å². The average Bonchev–Trinajstić information content (AvgIpc) is 2.98. The number of aryl methyl sites for hydroxylation is 1. The van der Waals surface area contributed by atoms with Crippen molar-refractivity contribution >= 4 is 0 Å². The Kier molecular flexibility index (Phi) is 3.29. The Morgan fingerprint density at radius 3 is 2.35 bits per heavy atom. The Labute approximate surface area is 139 Å². The first kappa shape index (κ1) is 13.8. The molecule has 0 radical (unpaired) electrons. The summed E-state index contributed by atoms with van der Waals surface area (Å²) in [6.07, 6.45) is 7.94. The molecule has 0 spiro atoms. The second-order valence-electron chi connectivity index (χ2n) is 7.72. The van der Waals surface area contributed by atoms with Gasteiger partial charge in [-0.15, -0.1) is 0 Å². The van der Waals surface area contributed by atoms with Gasteiger partial charge in [0.2, 0.25) is 0 Å². The van der Waals surface area contributed by atoms with Crippen LogP contribution in [0, 0.1) is 5.92 Å². The zero-order valence-electron chi connectivity index (χ0n) is 13.7. The molecule has 1 fully saturated rings. The van der Waals surface area contributed by atoms with Crippen molar-refractivity contribution in [3.05, 3.63) is 70.8 Å². The van der Waals surface area contributed by atoms with E-state index in [9.17, 15) is 0 Å². The number of fused-ring (bicyclic) bond motifs is 3. The molecule has 2 aromatic rings. The summed E-state index contributed by atoms with van der Waals surface area (Å²) in [5.74, 6) is 0.848. The summed E-state index contributed by atoms with van der Waals surface area (Å²) in [7, 11) is 0. The molecule has 2 aliphatic carbocycles. The third kappa shape index (κ3) is 2.33. The van der Waals surface area contributed by atoms with Crippen LogP contribution in [0.5, 0.6) is 0 Å². The van der Waals surface area contributed by atoms with Crippen LogP contribution in [0.3, 0.4) is 0 Å². The molecule has 118 valence electrons. The average molecular weight is 303 g/mol. The monoisotopic (exact) mass is 303 g/mol. The van der Waals surface area contributed by atoms with Gasteiger partial charge in [0.15, 0.2) is 0 Å². The third-order valence-electron chi connectivity index (χ3n) is 6.43. The number of nitrogens with zero attached hydrogens (tertiary/aromatic N) is 1. The fourth-order valence-corrected chi connectivity index (χ4v) is 5.30. The number of benzene rings is 2. The predicted octanol–water partition coefficient (Wildman–Crippen LogP) is 4.55. The lowest BCUT2D eigenvalue weighted by atomic mass is 9.79. The lowest BCUT2D eigenvalue weighted by Gasteiger charge is -2.45. The van der Waals surface area contributed by atoms with Crippen LogP contribution in [-0.4, -0.2) is 17.5 Å². The molecule has 0 saturated carbocycles. The summed E-state index contributed by atoms with van der Waals surface area (Å²) in [4.78, 5) is 2.88. The van der Waals surface area contributed by atoms with Gasteiger partial charge in [0.25, 0.3) is 0 Å². The molecule has 4 aliphatic rings. The van der Waals surface area contributed by atoms with Gasteiger partial charge in [0.1, 0.15) is 0 Å². The van der Waals surface area contributed by atoms with Crippen LogP contribution >= 0.6 is 0 Å². The van der Waals surface area contributed by atoms with Crippen LogP contribution in [0.25, 0.3) is 0 Å². The van der Waals surface area contributed by atoms with Gasteiger partial charge >= 0.3 is 0 Å². The minimum atomic E-state index is 0.671. The Morgan fingerprint density at radius 1 is 0.739 bits per heavy atom. The second kappa shape index (κ2) is 5.49. The van der Waals surface area contributed by atoms with Crippen molar-refractivity contribution in [1.29, 1.82) is 0 Å². The second-order valence-corrected chi connectivity index (χ2v) is 7.72. The first-order valence-corrected chi connectivity index (χ1v) is 9.29. The van der Waals surface area contributed by atoms with E-state index in [4.69, 9.17) is 0 Å². The summed E-state index contributed by atoms with van der Waals surface area (Å²) < 4.78 is 0. The van der Waals surface area contributed by atoms with E-state index >= 15 is 0 Å². The van der Waals surface area contributed by atoms with E-state index in [1.54, 1.807) is 22.3 Å². The van der Waals surface area contributed by atoms with Crippen LogP contribution in [0.1, 0.15) is 47.6 Å². The van der Waals surface area contributed by atoms with Crippen LogP contribution in [0.4, 0.5) is 0 Å². The minimum absolute atomic E-state index is 0.671. The molecule has 0 unspecified atom stereocenters. The fraction of sp³-hybridized carbons (Fsp3) is 0.455. The van der Waals surface area contributed by atoms with Crippen molar-refractivity contribution in [1.82, 2.24) is 4.90 Å².